The predicted molar refractivity (Wildman–Crippen MR) is 49.3 cm³/mol. The molecule has 0 atom stereocenters. The number of aromatic nitrogens is 4. The van der Waals surface area contributed by atoms with E-state index in [1.54, 1.807) is 6.20 Å². The molecule has 0 aromatic carbocycles. The van der Waals surface area contributed by atoms with Gasteiger partial charge in [-0.1, -0.05) is 0 Å². The number of fused-ring (bicyclic) bond motifs is 1. The van der Waals surface area contributed by atoms with E-state index >= 15 is 0 Å². The number of hydrogen-bond acceptors (Lipinski definition) is 5. The second-order valence-electron chi connectivity index (χ2n) is 2.65. The Morgan fingerprint density at radius 2 is 2.36 bits per heavy atom. The second kappa shape index (κ2) is 3.26. The molecule has 0 bridgehead atoms. The molecule has 7 heteroatoms. The van der Waals surface area contributed by atoms with Crippen molar-refractivity contribution in [3.8, 4) is 11.5 Å². The fourth-order valence-corrected chi connectivity index (χ4v) is 1.30. The molecule has 0 aromatic heterocycles. The zero-order valence-electron chi connectivity index (χ0n) is 6.95. The normalized spacial score (nSPS) is 10.6. The molecule has 0 amide bonds. The van der Waals surface area contributed by atoms with Crippen LogP contribution in [0.1, 0.15) is 0 Å². The first-order valence-corrected chi connectivity index (χ1v) is 4.20. The first kappa shape index (κ1) is 8.95. The smallest absolute Gasteiger partial charge is 0.323 e. The van der Waals surface area contributed by atoms with Gasteiger partial charge in [0.1, 0.15) is 18.6 Å². The Balaban J connectivity index is 2.49. The summed E-state index contributed by atoms with van der Waals surface area (Å²) in [5.74, 6) is -0.484. The van der Waals surface area contributed by atoms with Gasteiger partial charge in [-0.05, 0) is 0 Å². The Hall–Kier alpha value is -1.63. The SMILES string of the molecule is O=C(O)Cn1cc2ncnc-2nc1S. The molecule has 0 fully saturated rings. The zero-order chi connectivity index (χ0) is 10.1. The van der Waals surface area contributed by atoms with Crippen LogP contribution in [0.4, 0.5) is 0 Å². The summed E-state index contributed by atoms with van der Waals surface area (Å²) in [4.78, 5) is 22.2. The van der Waals surface area contributed by atoms with Crippen LogP contribution in [-0.4, -0.2) is 30.6 Å². The van der Waals surface area contributed by atoms with E-state index in [4.69, 9.17) is 5.11 Å². The molecule has 2 aliphatic heterocycles. The molecule has 0 aromatic rings. The Morgan fingerprint density at radius 3 is 3.07 bits per heavy atom. The summed E-state index contributed by atoms with van der Waals surface area (Å²) in [5.41, 5.74) is 0.559. The third-order valence-electron chi connectivity index (χ3n) is 1.65. The van der Waals surface area contributed by atoms with Crippen molar-refractivity contribution in [2.75, 3.05) is 0 Å². The number of carboxylic acids is 1. The molecule has 0 spiro atoms. The number of nitrogens with zero attached hydrogens (tertiary/aromatic N) is 4. The minimum absolute atomic E-state index is 0.186. The predicted octanol–water partition coefficient (Wildman–Crippen LogP) is 0.151. The van der Waals surface area contributed by atoms with Gasteiger partial charge in [0.2, 0.25) is 0 Å². The van der Waals surface area contributed by atoms with Crippen LogP contribution in [0.2, 0.25) is 0 Å². The van der Waals surface area contributed by atoms with Crippen molar-refractivity contribution < 1.29 is 9.90 Å². The van der Waals surface area contributed by atoms with Gasteiger partial charge in [0.15, 0.2) is 11.0 Å². The van der Waals surface area contributed by atoms with E-state index in [2.05, 4.69) is 27.6 Å². The summed E-state index contributed by atoms with van der Waals surface area (Å²) < 4.78 is 1.39. The minimum atomic E-state index is -0.953. The lowest BCUT2D eigenvalue weighted by Gasteiger charge is -2.07. The van der Waals surface area contributed by atoms with Gasteiger partial charge in [-0.2, -0.15) is 0 Å². The first-order chi connectivity index (χ1) is 6.66. The second-order valence-corrected chi connectivity index (χ2v) is 3.05. The Labute approximate surface area is 84.4 Å². The standard InChI is InChI=1S/C7H6N4O2S/c12-5(13)2-11-1-4-6(9-3-8-4)10-7(11)14/h1,3H,2H2,(H,12,13)(H,8,9,10,14). The monoisotopic (exact) mass is 210 g/mol. The summed E-state index contributed by atoms with van der Waals surface area (Å²) in [5, 5.41) is 8.90. The molecule has 14 heavy (non-hydrogen) atoms. The average molecular weight is 210 g/mol. The van der Waals surface area contributed by atoms with E-state index < -0.39 is 5.97 Å². The molecular formula is C7H6N4O2S. The molecule has 72 valence electrons. The number of thiol groups is 1. The van der Waals surface area contributed by atoms with Crippen LogP contribution < -0.4 is 0 Å². The van der Waals surface area contributed by atoms with Gasteiger partial charge in [-0.3, -0.25) is 4.79 Å². The molecule has 6 nitrogen and oxygen atoms in total. The molecule has 0 unspecified atom stereocenters. The third kappa shape index (κ3) is 1.53. The van der Waals surface area contributed by atoms with Gasteiger partial charge in [0, 0.05) is 6.20 Å². The largest absolute Gasteiger partial charge is 0.480 e. The molecular weight excluding hydrogens is 204 g/mol. The number of rotatable bonds is 2. The molecule has 1 N–H and O–H groups in total. The molecule has 2 heterocycles. The van der Waals surface area contributed by atoms with Gasteiger partial charge in [-0.15, -0.1) is 12.6 Å². The summed E-state index contributed by atoms with van der Waals surface area (Å²) in [6.07, 6.45) is 2.93. The Kier molecular flexibility index (Phi) is 2.08. The maximum absolute atomic E-state index is 10.5. The van der Waals surface area contributed by atoms with Crippen molar-refractivity contribution in [1.29, 1.82) is 0 Å². The van der Waals surface area contributed by atoms with Gasteiger partial charge >= 0.3 is 5.97 Å². The van der Waals surface area contributed by atoms with E-state index in [0.717, 1.165) is 0 Å². The highest BCUT2D eigenvalue weighted by Gasteiger charge is 2.11. The summed E-state index contributed by atoms with van der Waals surface area (Å²) in [6, 6.07) is 0. The molecule has 2 rings (SSSR count). The van der Waals surface area contributed by atoms with E-state index in [0.29, 0.717) is 16.7 Å². The Bertz CT molecular complexity index is 455. The fraction of sp³-hybridized carbons (Fsp3) is 0.143. The summed E-state index contributed by atoms with van der Waals surface area (Å²) >= 11 is 4.04. The van der Waals surface area contributed by atoms with Crippen molar-refractivity contribution in [3.05, 3.63) is 12.5 Å². The van der Waals surface area contributed by atoms with E-state index in [1.165, 1.54) is 10.9 Å². The number of imidazole rings is 1. The van der Waals surface area contributed by atoms with Crippen LogP contribution in [0.25, 0.3) is 11.5 Å². The zero-order valence-corrected chi connectivity index (χ0v) is 7.85. The lowest BCUT2D eigenvalue weighted by Crippen LogP contribution is -2.12. The molecule has 0 aliphatic carbocycles. The number of carboxylic acid groups (broad SMARTS) is 1. The molecule has 0 saturated carbocycles. The van der Waals surface area contributed by atoms with Crippen LogP contribution in [0.15, 0.2) is 17.7 Å². The maximum Gasteiger partial charge on any atom is 0.323 e. The van der Waals surface area contributed by atoms with Gasteiger partial charge in [0.05, 0.1) is 0 Å². The van der Waals surface area contributed by atoms with Gasteiger partial charge in [0.25, 0.3) is 0 Å². The van der Waals surface area contributed by atoms with Crippen molar-refractivity contribution in [2.24, 2.45) is 0 Å². The van der Waals surface area contributed by atoms with Crippen molar-refractivity contribution in [1.82, 2.24) is 19.5 Å². The topological polar surface area (TPSA) is 80.9 Å². The van der Waals surface area contributed by atoms with Crippen LogP contribution in [0.3, 0.4) is 0 Å². The Morgan fingerprint density at radius 1 is 1.57 bits per heavy atom. The first-order valence-electron chi connectivity index (χ1n) is 3.75. The number of carbonyl (C=O) groups is 1. The van der Waals surface area contributed by atoms with Gasteiger partial charge < -0.3 is 9.67 Å². The number of aliphatic carboxylic acids is 1. The summed E-state index contributed by atoms with van der Waals surface area (Å²) in [6.45, 7) is -0.186. The van der Waals surface area contributed by atoms with Crippen molar-refractivity contribution >= 4 is 18.6 Å². The minimum Gasteiger partial charge on any atom is -0.480 e. The molecule has 0 saturated heterocycles. The maximum atomic E-state index is 10.5. The fourth-order valence-electron chi connectivity index (χ4n) is 1.07. The van der Waals surface area contributed by atoms with E-state index in [1.807, 2.05) is 0 Å². The quantitative estimate of drug-likeness (QED) is 0.544. The van der Waals surface area contributed by atoms with Crippen LogP contribution in [0, 0.1) is 0 Å². The molecule has 2 aliphatic rings. The lowest BCUT2D eigenvalue weighted by molar-refractivity contribution is -0.137. The lowest BCUT2D eigenvalue weighted by atomic mass is 10.4. The van der Waals surface area contributed by atoms with Gasteiger partial charge in [-0.25, -0.2) is 15.0 Å². The van der Waals surface area contributed by atoms with Crippen molar-refractivity contribution in [2.45, 2.75) is 11.7 Å². The van der Waals surface area contributed by atoms with E-state index in [-0.39, 0.29) is 6.54 Å². The highest BCUT2D eigenvalue weighted by Crippen LogP contribution is 2.16. The molecule has 0 radical (unpaired) electrons. The van der Waals surface area contributed by atoms with Crippen LogP contribution >= 0.6 is 12.6 Å². The summed E-state index contributed by atoms with van der Waals surface area (Å²) in [7, 11) is 0. The van der Waals surface area contributed by atoms with Crippen LogP contribution in [0.5, 0.6) is 0 Å². The highest BCUT2D eigenvalue weighted by atomic mass is 32.1. The van der Waals surface area contributed by atoms with Crippen molar-refractivity contribution in [3.63, 3.8) is 0 Å². The van der Waals surface area contributed by atoms with E-state index in [9.17, 15) is 4.79 Å². The third-order valence-corrected chi connectivity index (χ3v) is 2.01. The van der Waals surface area contributed by atoms with Crippen LogP contribution in [-0.2, 0) is 11.3 Å². The number of hydrogen-bond donors (Lipinski definition) is 2. The highest BCUT2D eigenvalue weighted by molar-refractivity contribution is 7.80. The average Bonchev–Trinajstić information content (AvgIpc) is 2.51.